The van der Waals surface area contributed by atoms with E-state index in [1.807, 2.05) is 24.3 Å². The molecule has 0 bridgehead atoms. The molecule has 0 spiro atoms. The molecule has 146 valence electrons. The van der Waals surface area contributed by atoms with Gasteiger partial charge in [-0.15, -0.1) is 0 Å². The number of hydrogen-bond donors (Lipinski definition) is 1. The van der Waals surface area contributed by atoms with E-state index in [1.165, 1.54) is 24.6 Å². The van der Waals surface area contributed by atoms with E-state index in [4.69, 9.17) is 4.74 Å². The fourth-order valence-electron chi connectivity index (χ4n) is 3.51. The molecule has 3 rings (SSSR count). The Morgan fingerprint density at radius 1 is 1.11 bits per heavy atom. The molecule has 2 aromatic carbocycles. The molecule has 0 aliphatic carbocycles. The minimum Gasteiger partial charge on any atom is -0.496 e. The molecule has 7 heteroatoms. The van der Waals surface area contributed by atoms with Crippen LogP contribution < -0.4 is 9.46 Å². The lowest BCUT2D eigenvalue weighted by Gasteiger charge is -2.35. The highest BCUT2D eigenvalue weighted by atomic mass is 32.2. The van der Waals surface area contributed by atoms with Crippen LogP contribution in [0.5, 0.6) is 5.75 Å². The van der Waals surface area contributed by atoms with E-state index in [0.717, 1.165) is 43.3 Å². The van der Waals surface area contributed by atoms with Crippen molar-refractivity contribution < 1.29 is 17.5 Å². The predicted molar refractivity (Wildman–Crippen MR) is 103 cm³/mol. The third kappa shape index (κ3) is 4.86. The molecular weight excluding hydrogens is 367 g/mol. The minimum absolute atomic E-state index is 0.0695. The maximum absolute atomic E-state index is 13.4. The SMILES string of the molecule is COc1ccccc1C(CNS(=O)(=O)c1cccc(F)c1)N1CCCCC1. The number of nitrogens with one attached hydrogen (secondary N) is 1. The van der Waals surface area contributed by atoms with Crippen LogP contribution in [-0.4, -0.2) is 40.1 Å². The quantitative estimate of drug-likeness (QED) is 0.785. The van der Waals surface area contributed by atoms with E-state index in [0.29, 0.717) is 0 Å². The number of sulfonamides is 1. The first-order chi connectivity index (χ1) is 13.0. The molecule has 1 aliphatic rings. The second-order valence-electron chi connectivity index (χ2n) is 6.66. The molecule has 1 unspecified atom stereocenters. The van der Waals surface area contributed by atoms with Crippen molar-refractivity contribution >= 4 is 10.0 Å². The molecule has 1 atom stereocenters. The second-order valence-corrected chi connectivity index (χ2v) is 8.43. The number of para-hydroxylation sites is 1. The molecule has 1 heterocycles. The van der Waals surface area contributed by atoms with E-state index in [1.54, 1.807) is 7.11 Å². The molecule has 0 aromatic heterocycles. The highest BCUT2D eigenvalue weighted by Gasteiger charge is 2.27. The molecule has 5 nitrogen and oxygen atoms in total. The van der Waals surface area contributed by atoms with E-state index >= 15 is 0 Å². The zero-order chi connectivity index (χ0) is 19.3. The molecule has 1 saturated heterocycles. The van der Waals surface area contributed by atoms with Gasteiger partial charge in [0.2, 0.25) is 10.0 Å². The average molecular weight is 392 g/mol. The Bertz CT molecular complexity index is 867. The van der Waals surface area contributed by atoms with Crippen LogP contribution in [0.1, 0.15) is 30.9 Å². The number of hydrogen-bond acceptors (Lipinski definition) is 4. The van der Waals surface area contributed by atoms with Gasteiger partial charge >= 0.3 is 0 Å². The third-order valence-corrected chi connectivity index (χ3v) is 6.32. The summed E-state index contributed by atoms with van der Waals surface area (Å²) in [6.45, 7) is 2.01. The molecular formula is C20H25FN2O3S. The van der Waals surface area contributed by atoms with Gasteiger partial charge in [-0.1, -0.05) is 30.7 Å². The van der Waals surface area contributed by atoms with Crippen LogP contribution in [0.25, 0.3) is 0 Å². The van der Waals surface area contributed by atoms with Gasteiger partial charge in [0.1, 0.15) is 11.6 Å². The van der Waals surface area contributed by atoms with Crippen molar-refractivity contribution in [1.29, 1.82) is 0 Å². The Morgan fingerprint density at radius 2 is 1.85 bits per heavy atom. The van der Waals surface area contributed by atoms with Gasteiger partial charge in [0, 0.05) is 12.1 Å². The molecule has 2 aromatic rings. The standard InChI is InChI=1S/C20H25FN2O3S/c1-26-20-11-4-3-10-18(20)19(23-12-5-2-6-13-23)15-22-27(24,25)17-9-7-8-16(21)14-17/h3-4,7-11,14,19,22H,2,5-6,12-13,15H2,1H3. The number of methoxy groups -OCH3 is 1. The van der Waals surface area contributed by atoms with Crippen molar-refractivity contribution in [2.75, 3.05) is 26.7 Å². The monoisotopic (exact) mass is 392 g/mol. The number of benzene rings is 2. The van der Waals surface area contributed by atoms with Crippen molar-refractivity contribution in [3.05, 3.63) is 59.9 Å². The molecule has 0 radical (unpaired) electrons. The van der Waals surface area contributed by atoms with Crippen molar-refractivity contribution in [2.24, 2.45) is 0 Å². The molecule has 0 saturated carbocycles. The lowest BCUT2D eigenvalue weighted by molar-refractivity contribution is 0.162. The number of likely N-dealkylation sites (tertiary alicyclic amines) is 1. The smallest absolute Gasteiger partial charge is 0.240 e. The normalized spacial score (nSPS) is 16.8. The topological polar surface area (TPSA) is 58.6 Å². The number of ether oxygens (including phenoxy) is 1. The predicted octanol–water partition coefficient (Wildman–Crippen LogP) is 3.34. The van der Waals surface area contributed by atoms with Gasteiger partial charge in [-0.05, 0) is 50.2 Å². The molecule has 0 amide bonds. The number of halogens is 1. The van der Waals surface area contributed by atoms with Crippen LogP contribution in [0.2, 0.25) is 0 Å². The lowest BCUT2D eigenvalue weighted by Crippen LogP contribution is -2.40. The van der Waals surface area contributed by atoms with Gasteiger partial charge in [0.05, 0.1) is 18.0 Å². The van der Waals surface area contributed by atoms with Crippen molar-refractivity contribution in [1.82, 2.24) is 9.62 Å². The van der Waals surface area contributed by atoms with Crippen LogP contribution in [0, 0.1) is 5.82 Å². The van der Waals surface area contributed by atoms with Crippen LogP contribution >= 0.6 is 0 Å². The van der Waals surface area contributed by atoms with E-state index in [9.17, 15) is 12.8 Å². The molecule has 1 aliphatic heterocycles. The van der Waals surface area contributed by atoms with Crippen LogP contribution in [-0.2, 0) is 10.0 Å². The number of nitrogens with zero attached hydrogens (tertiary/aromatic N) is 1. The zero-order valence-corrected chi connectivity index (χ0v) is 16.2. The van der Waals surface area contributed by atoms with Crippen LogP contribution in [0.15, 0.2) is 53.4 Å². The van der Waals surface area contributed by atoms with Gasteiger partial charge in [-0.25, -0.2) is 17.5 Å². The Balaban J connectivity index is 1.85. The van der Waals surface area contributed by atoms with Gasteiger partial charge in [-0.3, -0.25) is 4.90 Å². The van der Waals surface area contributed by atoms with Gasteiger partial charge in [0.25, 0.3) is 0 Å². The minimum atomic E-state index is -3.80. The van der Waals surface area contributed by atoms with Gasteiger partial charge < -0.3 is 4.74 Å². The summed E-state index contributed by atoms with van der Waals surface area (Å²) in [4.78, 5) is 2.22. The first-order valence-corrected chi connectivity index (χ1v) is 10.6. The van der Waals surface area contributed by atoms with Crippen LogP contribution in [0.3, 0.4) is 0 Å². The van der Waals surface area contributed by atoms with Crippen molar-refractivity contribution in [2.45, 2.75) is 30.2 Å². The van der Waals surface area contributed by atoms with Crippen LogP contribution in [0.4, 0.5) is 4.39 Å². The van der Waals surface area contributed by atoms with Crippen molar-refractivity contribution in [3.63, 3.8) is 0 Å². The summed E-state index contributed by atoms with van der Waals surface area (Å²) >= 11 is 0. The van der Waals surface area contributed by atoms with E-state index in [-0.39, 0.29) is 17.5 Å². The summed E-state index contributed by atoms with van der Waals surface area (Å²) in [5.41, 5.74) is 0.948. The lowest BCUT2D eigenvalue weighted by atomic mass is 10.0. The number of rotatable bonds is 7. The second kappa shape index (κ2) is 8.82. The van der Waals surface area contributed by atoms with Crippen molar-refractivity contribution in [3.8, 4) is 5.75 Å². The largest absolute Gasteiger partial charge is 0.496 e. The summed E-state index contributed by atoms with van der Waals surface area (Å²) in [5, 5.41) is 0. The molecule has 27 heavy (non-hydrogen) atoms. The van der Waals surface area contributed by atoms with Gasteiger partial charge in [0.15, 0.2) is 0 Å². The Hall–Kier alpha value is -1.96. The fraction of sp³-hybridized carbons (Fsp3) is 0.400. The third-order valence-electron chi connectivity index (χ3n) is 4.90. The Morgan fingerprint density at radius 3 is 2.56 bits per heavy atom. The first-order valence-electron chi connectivity index (χ1n) is 9.13. The zero-order valence-electron chi connectivity index (χ0n) is 15.4. The summed E-state index contributed by atoms with van der Waals surface area (Å²) < 4.78 is 46.8. The highest BCUT2D eigenvalue weighted by molar-refractivity contribution is 7.89. The Kier molecular flexibility index (Phi) is 6.46. The van der Waals surface area contributed by atoms with E-state index < -0.39 is 15.8 Å². The fourth-order valence-corrected chi connectivity index (χ4v) is 4.58. The van der Waals surface area contributed by atoms with Gasteiger partial charge in [-0.2, -0.15) is 0 Å². The summed E-state index contributed by atoms with van der Waals surface area (Å²) in [6, 6.07) is 12.6. The summed E-state index contributed by atoms with van der Waals surface area (Å²) in [5.74, 6) is 0.160. The maximum atomic E-state index is 13.4. The average Bonchev–Trinajstić information content (AvgIpc) is 2.69. The maximum Gasteiger partial charge on any atom is 0.240 e. The van der Waals surface area contributed by atoms with E-state index in [2.05, 4.69) is 9.62 Å². The Labute approximate surface area is 160 Å². The number of piperidine rings is 1. The molecule has 1 N–H and O–H groups in total. The summed E-state index contributed by atoms with van der Waals surface area (Å²) in [6.07, 6.45) is 3.36. The summed E-state index contributed by atoms with van der Waals surface area (Å²) in [7, 11) is -2.19. The molecule has 1 fully saturated rings. The highest BCUT2D eigenvalue weighted by Crippen LogP contribution is 2.31. The first kappa shape index (κ1) is 19.8.